The summed E-state index contributed by atoms with van der Waals surface area (Å²) in [4.78, 5) is 44.1. The van der Waals surface area contributed by atoms with Gasteiger partial charge in [0.25, 0.3) is 17.7 Å². The number of nitrogens with one attached hydrogen (secondary N) is 2. The monoisotopic (exact) mass is 552 g/mol. The van der Waals surface area contributed by atoms with E-state index in [0.29, 0.717) is 11.3 Å². The number of halogens is 2. The van der Waals surface area contributed by atoms with Crippen molar-refractivity contribution in [3.8, 4) is 17.2 Å². The van der Waals surface area contributed by atoms with Gasteiger partial charge < -0.3 is 29.7 Å². The number of nitrogens with zero attached hydrogens (tertiary/aromatic N) is 2. The molecule has 1 saturated heterocycles. The molecule has 12 heteroatoms. The Morgan fingerprint density at radius 1 is 1.15 bits per heavy atom. The highest BCUT2D eigenvalue weighted by Gasteiger charge is 2.36. The third-order valence-electron chi connectivity index (χ3n) is 6.61. The number of benzene rings is 2. The summed E-state index contributed by atoms with van der Waals surface area (Å²) in [7, 11) is 1.43. The van der Waals surface area contributed by atoms with E-state index >= 15 is 0 Å². The maximum atomic E-state index is 14.4. The third-order valence-corrected chi connectivity index (χ3v) is 6.61. The number of hydrogen-bond acceptors (Lipinski definition) is 7. The lowest BCUT2D eigenvalue weighted by atomic mass is 10.00. The second-order valence-corrected chi connectivity index (χ2v) is 9.34. The van der Waals surface area contributed by atoms with Crippen molar-refractivity contribution >= 4 is 17.7 Å². The number of amides is 3. The fourth-order valence-corrected chi connectivity index (χ4v) is 4.63. The summed E-state index contributed by atoms with van der Waals surface area (Å²) >= 11 is 0. The normalized spacial score (nSPS) is 19.3. The number of pyridine rings is 1. The van der Waals surface area contributed by atoms with E-state index in [4.69, 9.17) is 14.2 Å². The number of rotatable bonds is 2. The molecule has 40 heavy (non-hydrogen) atoms. The highest BCUT2D eigenvalue weighted by atomic mass is 19.1. The quantitative estimate of drug-likeness (QED) is 0.502. The Bertz CT molecular complexity index is 1450. The average Bonchev–Trinajstić information content (AvgIpc) is 2.95. The number of aromatic nitrogens is 1. The van der Waals surface area contributed by atoms with Gasteiger partial charge in [-0.25, -0.2) is 13.8 Å². The third kappa shape index (κ3) is 5.95. The Morgan fingerprint density at radius 3 is 2.80 bits per heavy atom. The molecule has 10 nitrogen and oxygen atoms in total. The smallest absolute Gasteiger partial charge is 0.275 e. The average molecular weight is 553 g/mol. The largest absolute Gasteiger partial charge is 0.493 e. The molecular weight excluding hydrogens is 526 g/mol. The Balaban J connectivity index is 1.48. The van der Waals surface area contributed by atoms with Crippen LogP contribution in [0, 0.1) is 11.6 Å². The zero-order valence-corrected chi connectivity index (χ0v) is 21.5. The lowest BCUT2D eigenvalue weighted by Gasteiger charge is -2.38. The first kappa shape index (κ1) is 26.9. The molecule has 2 atom stereocenters. The van der Waals surface area contributed by atoms with Crippen LogP contribution < -0.4 is 24.8 Å². The van der Waals surface area contributed by atoms with Crippen molar-refractivity contribution in [2.75, 3.05) is 26.8 Å². The van der Waals surface area contributed by atoms with Crippen molar-refractivity contribution in [2.45, 2.75) is 25.1 Å². The number of carbonyl (C=O) groups excluding carboxylic acids is 3. The number of methoxy groups -OCH3 is 1. The molecule has 0 spiro atoms. The van der Waals surface area contributed by atoms with Crippen molar-refractivity contribution in [3.63, 3.8) is 0 Å². The summed E-state index contributed by atoms with van der Waals surface area (Å²) < 4.78 is 45.8. The van der Waals surface area contributed by atoms with E-state index in [9.17, 15) is 23.2 Å². The predicted molar refractivity (Wildman–Crippen MR) is 137 cm³/mol. The molecule has 0 saturated carbocycles. The Kier molecular flexibility index (Phi) is 7.76. The van der Waals surface area contributed by atoms with E-state index in [1.165, 1.54) is 54.6 Å². The van der Waals surface area contributed by atoms with Crippen molar-refractivity contribution in [3.05, 3.63) is 83.2 Å². The molecule has 0 unspecified atom stereocenters. The van der Waals surface area contributed by atoms with Gasteiger partial charge in [0.2, 0.25) is 0 Å². The van der Waals surface area contributed by atoms with Gasteiger partial charge in [0.15, 0.2) is 29.6 Å². The molecule has 4 bridgehead atoms. The van der Waals surface area contributed by atoms with Gasteiger partial charge in [-0.15, -0.1) is 0 Å². The SMILES string of the molecule is COc1ccc2cc1OCC(=O)NCc1cc(F)cc(c1)O[C@@H]1CCN(C(=O)c3ncccc3F)C[C@@H]1NC2=O. The van der Waals surface area contributed by atoms with Crippen LogP contribution >= 0.6 is 0 Å². The highest BCUT2D eigenvalue weighted by Crippen LogP contribution is 2.29. The first-order chi connectivity index (χ1) is 19.3. The van der Waals surface area contributed by atoms with Crippen LogP contribution in [0.1, 0.15) is 32.8 Å². The molecule has 3 aromatic rings. The van der Waals surface area contributed by atoms with Crippen LogP contribution in [-0.2, 0) is 11.3 Å². The Labute approximate surface area is 228 Å². The molecule has 2 aliphatic heterocycles. The maximum Gasteiger partial charge on any atom is 0.275 e. The molecule has 5 rings (SSSR count). The molecule has 2 N–H and O–H groups in total. The van der Waals surface area contributed by atoms with Gasteiger partial charge in [-0.2, -0.15) is 0 Å². The van der Waals surface area contributed by atoms with Crippen LogP contribution in [0.25, 0.3) is 0 Å². The van der Waals surface area contributed by atoms with E-state index in [2.05, 4.69) is 15.6 Å². The zero-order chi connectivity index (χ0) is 28.2. The molecule has 3 heterocycles. The predicted octanol–water partition coefficient (Wildman–Crippen LogP) is 2.47. The van der Waals surface area contributed by atoms with Gasteiger partial charge in [0.05, 0.1) is 13.2 Å². The minimum Gasteiger partial charge on any atom is -0.493 e. The first-order valence-electron chi connectivity index (χ1n) is 12.5. The van der Waals surface area contributed by atoms with Crippen LogP contribution in [0.2, 0.25) is 0 Å². The minimum atomic E-state index is -0.752. The molecule has 0 radical (unpaired) electrons. The topological polar surface area (TPSA) is 119 Å². The van der Waals surface area contributed by atoms with Crippen LogP contribution in [0.5, 0.6) is 17.2 Å². The van der Waals surface area contributed by atoms with Gasteiger partial charge in [0.1, 0.15) is 17.7 Å². The fraction of sp³-hybridized carbons (Fsp3) is 0.286. The molecule has 208 valence electrons. The zero-order valence-electron chi connectivity index (χ0n) is 21.5. The van der Waals surface area contributed by atoms with Gasteiger partial charge in [-0.1, -0.05) is 0 Å². The number of likely N-dealkylation sites (tertiary alicyclic amines) is 1. The summed E-state index contributed by atoms with van der Waals surface area (Å²) in [5.74, 6) is -2.24. The molecule has 3 amide bonds. The first-order valence-corrected chi connectivity index (χ1v) is 12.5. The minimum absolute atomic E-state index is 0.0109. The van der Waals surface area contributed by atoms with Crippen molar-refractivity contribution in [1.82, 2.24) is 20.5 Å². The van der Waals surface area contributed by atoms with Crippen LogP contribution in [-0.4, -0.2) is 66.6 Å². The Morgan fingerprint density at radius 2 is 2.00 bits per heavy atom. The molecular formula is C28H26F2N4O6. The number of fused-ring (bicyclic) bond motifs is 5. The Hall–Kier alpha value is -4.74. The van der Waals surface area contributed by atoms with E-state index in [-0.39, 0.29) is 55.4 Å². The second kappa shape index (κ2) is 11.6. The van der Waals surface area contributed by atoms with Gasteiger partial charge >= 0.3 is 0 Å². The summed E-state index contributed by atoms with van der Waals surface area (Å²) in [6.07, 6.45) is 0.922. The number of piperidine rings is 1. The molecule has 1 aromatic heterocycles. The molecule has 1 fully saturated rings. The number of hydrogen-bond donors (Lipinski definition) is 2. The molecule has 2 aromatic carbocycles. The maximum absolute atomic E-state index is 14.4. The molecule has 2 aliphatic rings. The van der Waals surface area contributed by atoms with E-state index in [1.807, 2.05) is 0 Å². The summed E-state index contributed by atoms with van der Waals surface area (Å²) in [5, 5.41) is 5.55. The summed E-state index contributed by atoms with van der Waals surface area (Å²) in [6, 6.07) is 10.3. The fourth-order valence-electron chi connectivity index (χ4n) is 4.63. The second-order valence-electron chi connectivity index (χ2n) is 9.34. The lowest BCUT2D eigenvalue weighted by molar-refractivity contribution is -0.123. The van der Waals surface area contributed by atoms with E-state index in [0.717, 1.165) is 6.07 Å². The standard InChI is InChI=1S/C28H26F2N4O6/c1-38-23-5-4-17-11-24(23)39-15-25(35)32-13-16-9-18(29)12-19(10-16)40-22-6-8-34(14-21(22)33-27(17)36)28(37)26-20(30)3-2-7-31-26/h2-5,7,9-12,21-22H,6,8,13-15H2,1H3,(H,32,35)(H,33,36)/t21-,22+/m0/s1. The van der Waals surface area contributed by atoms with E-state index < -0.39 is 41.5 Å². The van der Waals surface area contributed by atoms with Gasteiger partial charge in [0, 0.05) is 43.9 Å². The number of carbonyl (C=O) groups is 3. The van der Waals surface area contributed by atoms with Crippen LogP contribution in [0.4, 0.5) is 8.78 Å². The van der Waals surface area contributed by atoms with Crippen molar-refractivity contribution in [2.24, 2.45) is 0 Å². The summed E-state index contributed by atoms with van der Waals surface area (Å²) in [6.45, 7) is -0.171. The van der Waals surface area contributed by atoms with Gasteiger partial charge in [-0.05, 0) is 48.0 Å². The van der Waals surface area contributed by atoms with Gasteiger partial charge in [-0.3, -0.25) is 14.4 Å². The van der Waals surface area contributed by atoms with Crippen LogP contribution in [0.15, 0.2) is 54.7 Å². The van der Waals surface area contributed by atoms with Crippen molar-refractivity contribution < 1.29 is 37.4 Å². The van der Waals surface area contributed by atoms with Crippen molar-refractivity contribution in [1.29, 1.82) is 0 Å². The highest BCUT2D eigenvalue weighted by molar-refractivity contribution is 5.95. The number of ether oxygens (including phenoxy) is 3. The summed E-state index contributed by atoms with van der Waals surface area (Å²) in [5.41, 5.74) is 0.332. The lowest BCUT2D eigenvalue weighted by Crippen LogP contribution is -2.58. The van der Waals surface area contributed by atoms with E-state index in [1.54, 1.807) is 6.07 Å². The van der Waals surface area contributed by atoms with Crippen LogP contribution in [0.3, 0.4) is 0 Å². The molecule has 0 aliphatic carbocycles.